The first-order valence-electron chi connectivity index (χ1n) is 15.1. The first-order valence-corrected chi connectivity index (χ1v) is 15.9. The number of likely N-dealkylation sites (N-methyl/N-ethyl adjacent to an activating group) is 1. The first kappa shape index (κ1) is 29.3. The quantitative estimate of drug-likeness (QED) is 0.233. The third-order valence-corrected chi connectivity index (χ3v) is 9.97. The molecule has 1 amide bonds. The standard InChI is InChI=1S/C34H34N6O4S/c1-19-23(24-7-5-9-26(20(24)2)36-30(41)33-38-27-11-12-39(3)18-29(27)45-33)6-4-8-25(19)31-37-28-14-21(15-35-32(28)44-31)16-40-13-10-22(17-40)34(42)43/h4-9,14-15,22H,10-13,16-18H2,1-3H3,(H,36,41)(H,42,43)/t22-/m1/s1. The molecule has 5 heterocycles. The summed E-state index contributed by atoms with van der Waals surface area (Å²) in [6.07, 6.45) is 3.30. The Hall–Kier alpha value is -4.45. The number of carbonyl (C=O) groups is 2. The topological polar surface area (TPSA) is 125 Å². The van der Waals surface area contributed by atoms with E-state index in [0.717, 1.165) is 75.7 Å². The van der Waals surface area contributed by atoms with Crippen LogP contribution in [0.2, 0.25) is 0 Å². The molecule has 11 heteroatoms. The number of carboxylic acids is 1. The fourth-order valence-electron chi connectivity index (χ4n) is 6.32. The molecule has 2 N–H and O–H groups in total. The van der Waals surface area contributed by atoms with Gasteiger partial charge in [-0.1, -0.05) is 24.3 Å². The lowest BCUT2D eigenvalue weighted by molar-refractivity contribution is -0.141. The Kier molecular flexibility index (Phi) is 7.68. The Labute approximate surface area is 264 Å². The second-order valence-corrected chi connectivity index (χ2v) is 13.1. The molecule has 2 aromatic carbocycles. The zero-order valence-corrected chi connectivity index (χ0v) is 26.3. The van der Waals surface area contributed by atoms with Crippen LogP contribution in [0.5, 0.6) is 0 Å². The van der Waals surface area contributed by atoms with Crippen molar-refractivity contribution in [3.63, 3.8) is 0 Å². The Morgan fingerprint density at radius 3 is 2.64 bits per heavy atom. The Morgan fingerprint density at radius 2 is 1.84 bits per heavy atom. The van der Waals surface area contributed by atoms with Crippen LogP contribution in [0.1, 0.15) is 43.5 Å². The van der Waals surface area contributed by atoms with Crippen molar-refractivity contribution < 1.29 is 19.1 Å². The number of fused-ring (bicyclic) bond motifs is 2. The van der Waals surface area contributed by atoms with E-state index < -0.39 is 5.97 Å². The normalized spacial score (nSPS) is 17.1. The van der Waals surface area contributed by atoms with E-state index in [-0.39, 0.29) is 11.8 Å². The van der Waals surface area contributed by atoms with E-state index in [2.05, 4.69) is 44.3 Å². The molecule has 1 atom stereocenters. The minimum absolute atomic E-state index is 0.187. The fourth-order valence-corrected chi connectivity index (χ4v) is 7.40. The second kappa shape index (κ2) is 11.8. The summed E-state index contributed by atoms with van der Waals surface area (Å²) in [4.78, 5) is 44.1. The summed E-state index contributed by atoms with van der Waals surface area (Å²) in [5.41, 5.74) is 8.73. The molecule has 2 aliphatic heterocycles. The van der Waals surface area contributed by atoms with Crippen molar-refractivity contribution >= 4 is 40.1 Å². The van der Waals surface area contributed by atoms with Crippen molar-refractivity contribution in [2.24, 2.45) is 5.92 Å². The molecule has 0 unspecified atom stereocenters. The number of thiazole rings is 1. The van der Waals surface area contributed by atoms with Gasteiger partial charge in [0.1, 0.15) is 5.52 Å². The van der Waals surface area contributed by atoms with Crippen LogP contribution in [0.4, 0.5) is 5.69 Å². The molecule has 2 aliphatic rings. The van der Waals surface area contributed by atoms with Gasteiger partial charge in [0.15, 0.2) is 5.01 Å². The maximum atomic E-state index is 13.2. The number of hydrogen-bond acceptors (Lipinski definition) is 9. The van der Waals surface area contributed by atoms with Crippen molar-refractivity contribution in [2.75, 3.05) is 32.0 Å². The molecule has 0 aliphatic carbocycles. The molecule has 5 aromatic rings. The lowest BCUT2D eigenvalue weighted by Crippen LogP contribution is -2.25. The minimum Gasteiger partial charge on any atom is -0.481 e. The van der Waals surface area contributed by atoms with Gasteiger partial charge in [-0.15, -0.1) is 11.3 Å². The third kappa shape index (κ3) is 5.74. The third-order valence-electron chi connectivity index (χ3n) is 8.88. The van der Waals surface area contributed by atoms with Crippen LogP contribution < -0.4 is 5.32 Å². The Balaban J connectivity index is 1.13. The van der Waals surface area contributed by atoms with E-state index in [1.54, 1.807) is 6.20 Å². The predicted octanol–water partition coefficient (Wildman–Crippen LogP) is 5.78. The predicted molar refractivity (Wildman–Crippen MR) is 173 cm³/mol. The summed E-state index contributed by atoms with van der Waals surface area (Å²) < 4.78 is 6.12. The number of anilines is 1. The van der Waals surface area contributed by atoms with Gasteiger partial charge in [0, 0.05) is 54.9 Å². The van der Waals surface area contributed by atoms with Crippen LogP contribution >= 0.6 is 11.3 Å². The number of benzene rings is 2. The molecular formula is C34H34N6O4S. The number of likely N-dealkylation sites (tertiary alicyclic amines) is 1. The van der Waals surface area contributed by atoms with Gasteiger partial charge in [-0.05, 0) is 79.9 Å². The molecular weight excluding hydrogens is 588 g/mol. The van der Waals surface area contributed by atoms with E-state index in [0.29, 0.717) is 41.6 Å². The fraction of sp³-hybridized carbons (Fsp3) is 0.324. The molecule has 0 radical (unpaired) electrons. The van der Waals surface area contributed by atoms with E-state index in [4.69, 9.17) is 9.40 Å². The molecule has 0 bridgehead atoms. The van der Waals surface area contributed by atoms with Crippen molar-refractivity contribution in [2.45, 2.75) is 39.8 Å². The lowest BCUT2D eigenvalue weighted by Gasteiger charge is -2.20. The summed E-state index contributed by atoms with van der Waals surface area (Å²) in [6.45, 7) is 7.76. The van der Waals surface area contributed by atoms with E-state index >= 15 is 0 Å². The summed E-state index contributed by atoms with van der Waals surface area (Å²) >= 11 is 1.48. The molecule has 1 fully saturated rings. The molecule has 0 saturated carbocycles. The number of aliphatic carboxylic acids is 1. The van der Waals surface area contributed by atoms with Gasteiger partial charge >= 0.3 is 5.97 Å². The highest BCUT2D eigenvalue weighted by molar-refractivity contribution is 7.13. The van der Waals surface area contributed by atoms with Gasteiger partial charge in [0.05, 0.1) is 11.6 Å². The maximum absolute atomic E-state index is 13.2. The number of carboxylic acid groups (broad SMARTS) is 1. The average molecular weight is 623 g/mol. The van der Waals surface area contributed by atoms with Crippen LogP contribution in [-0.2, 0) is 24.3 Å². The molecule has 3 aromatic heterocycles. The lowest BCUT2D eigenvalue weighted by atomic mass is 9.93. The summed E-state index contributed by atoms with van der Waals surface area (Å²) in [7, 11) is 2.09. The highest BCUT2D eigenvalue weighted by atomic mass is 32.1. The number of nitrogens with one attached hydrogen (secondary N) is 1. The zero-order valence-electron chi connectivity index (χ0n) is 25.5. The Morgan fingerprint density at radius 1 is 1.07 bits per heavy atom. The van der Waals surface area contributed by atoms with E-state index in [1.807, 2.05) is 44.2 Å². The van der Waals surface area contributed by atoms with Crippen LogP contribution in [0.3, 0.4) is 0 Å². The minimum atomic E-state index is -0.737. The maximum Gasteiger partial charge on any atom is 0.307 e. The zero-order chi connectivity index (χ0) is 31.2. The monoisotopic (exact) mass is 622 g/mol. The second-order valence-electron chi connectivity index (χ2n) is 12.0. The van der Waals surface area contributed by atoms with Gasteiger partial charge in [-0.2, -0.15) is 0 Å². The largest absolute Gasteiger partial charge is 0.481 e. The molecule has 10 nitrogen and oxygen atoms in total. The molecule has 7 rings (SSSR count). The smallest absolute Gasteiger partial charge is 0.307 e. The van der Waals surface area contributed by atoms with Crippen molar-refractivity contribution in [3.8, 4) is 22.6 Å². The molecule has 1 saturated heterocycles. The number of hydrogen-bond donors (Lipinski definition) is 2. The van der Waals surface area contributed by atoms with Crippen LogP contribution in [0, 0.1) is 19.8 Å². The van der Waals surface area contributed by atoms with Gasteiger partial charge in [0.25, 0.3) is 5.91 Å². The summed E-state index contributed by atoms with van der Waals surface area (Å²) in [5.74, 6) is -0.755. The molecule has 45 heavy (non-hydrogen) atoms. The van der Waals surface area contributed by atoms with Crippen molar-refractivity contribution in [1.82, 2.24) is 24.8 Å². The number of nitrogens with zero attached hydrogens (tertiary/aromatic N) is 5. The number of carbonyl (C=O) groups excluding carboxylic acids is 1. The summed E-state index contributed by atoms with van der Waals surface area (Å²) in [6, 6.07) is 13.9. The number of aromatic nitrogens is 3. The van der Waals surface area contributed by atoms with Crippen molar-refractivity contribution in [3.05, 3.63) is 80.9 Å². The SMILES string of the molecule is Cc1c(NC(=O)c2nc3c(s2)CN(C)CC3)cccc1-c1cccc(-c2nc3cc(CN4CC[C@@H](C(=O)O)C4)cnc3o2)c1C. The molecule has 0 spiro atoms. The number of rotatable bonds is 7. The van der Waals surface area contributed by atoms with Crippen LogP contribution in [-0.4, -0.2) is 68.4 Å². The highest BCUT2D eigenvalue weighted by Crippen LogP contribution is 2.36. The van der Waals surface area contributed by atoms with Gasteiger partial charge in [-0.3, -0.25) is 14.5 Å². The van der Waals surface area contributed by atoms with Gasteiger partial charge in [-0.25, -0.2) is 15.0 Å². The summed E-state index contributed by atoms with van der Waals surface area (Å²) in [5, 5.41) is 12.9. The van der Waals surface area contributed by atoms with E-state index in [1.165, 1.54) is 11.3 Å². The van der Waals surface area contributed by atoms with Crippen molar-refractivity contribution in [1.29, 1.82) is 0 Å². The average Bonchev–Trinajstić information content (AvgIpc) is 3.77. The van der Waals surface area contributed by atoms with Crippen LogP contribution in [0.15, 0.2) is 53.1 Å². The number of pyridine rings is 1. The first-order chi connectivity index (χ1) is 21.7. The van der Waals surface area contributed by atoms with Gasteiger partial charge in [0.2, 0.25) is 11.6 Å². The number of oxazole rings is 1. The van der Waals surface area contributed by atoms with E-state index in [9.17, 15) is 14.7 Å². The number of amides is 1. The Bertz CT molecular complexity index is 1950. The van der Waals surface area contributed by atoms with Crippen LogP contribution in [0.25, 0.3) is 33.8 Å². The highest BCUT2D eigenvalue weighted by Gasteiger charge is 2.28. The van der Waals surface area contributed by atoms with Gasteiger partial charge < -0.3 is 19.7 Å². The molecule has 230 valence electrons.